The van der Waals surface area contributed by atoms with E-state index >= 15 is 0 Å². The van der Waals surface area contributed by atoms with Gasteiger partial charge in [-0.3, -0.25) is 14.9 Å². The monoisotopic (exact) mass is 347 g/mol. The van der Waals surface area contributed by atoms with Gasteiger partial charge >= 0.3 is 0 Å². The number of amides is 2. The molecule has 3 N–H and O–H groups in total. The average Bonchev–Trinajstić information content (AvgIpc) is 2.58. The fourth-order valence-electron chi connectivity index (χ4n) is 3.34. The summed E-state index contributed by atoms with van der Waals surface area (Å²) in [6.45, 7) is 5.25. The highest BCUT2D eigenvalue weighted by Crippen LogP contribution is 2.32. The molecule has 0 bridgehead atoms. The van der Waals surface area contributed by atoms with Crippen molar-refractivity contribution in [2.45, 2.75) is 37.7 Å². The highest BCUT2D eigenvalue weighted by atomic mass is 19.1. The molecule has 2 amide bonds. The van der Waals surface area contributed by atoms with E-state index in [1.807, 2.05) is 4.90 Å². The zero-order valence-electron chi connectivity index (χ0n) is 14.0. The summed E-state index contributed by atoms with van der Waals surface area (Å²) >= 11 is 0. The summed E-state index contributed by atoms with van der Waals surface area (Å²) in [4.78, 5) is 24.9. The van der Waals surface area contributed by atoms with E-state index in [0.29, 0.717) is 23.6 Å². The van der Waals surface area contributed by atoms with Crippen molar-refractivity contribution in [2.75, 3.05) is 13.1 Å². The Balaban J connectivity index is 1.64. The minimum Gasteiger partial charge on any atom is -0.480 e. The largest absolute Gasteiger partial charge is 0.480 e. The Hall–Kier alpha value is -2.57. The van der Waals surface area contributed by atoms with Gasteiger partial charge in [0.05, 0.1) is 5.82 Å². The Morgan fingerprint density at radius 2 is 2.00 bits per heavy atom. The van der Waals surface area contributed by atoms with E-state index < -0.39 is 12.0 Å². The summed E-state index contributed by atoms with van der Waals surface area (Å²) in [5.74, 6) is -0.154. The summed E-state index contributed by atoms with van der Waals surface area (Å²) < 4.78 is 20.1. The summed E-state index contributed by atoms with van der Waals surface area (Å²) in [6.07, 6.45) is 1.38. The van der Waals surface area contributed by atoms with Crippen LogP contribution < -0.4 is 15.8 Å². The Kier molecular flexibility index (Phi) is 4.92. The molecule has 25 heavy (non-hydrogen) atoms. The molecule has 1 aromatic rings. The third-order valence-corrected chi connectivity index (χ3v) is 4.78. The number of rotatable bonds is 4. The topological polar surface area (TPSA) is 84.7 Å². The highest BCUT2D eigenvalue weighted by molar-refractivity contribution is 5.99. The van der Waals surface area contributed by atoms with Crippen LogP contribution in [0.5, 0.6) is 5.75 Å². The molecule has 6 nitrogen and oxygen atoms in total. The predicted molar refractivity (Wildman–Crippen MR) is 90.1 cm³/mol. The first kappa shape index (κ1) is 17.3. The third-order valence-electron chi connectivity index (χ3n) is 4.78. The molecule has 0 radical (unpaired) electrons. The molecule has 0 aromatic heterocycles. The fraction of sp³-hybridized carbons (Fsp3) is 0.444. The second-order valence-corrected chi connectivity index (χ2v) is 6.49. The lowest BCUT2D eigenvalue weighted by Gasteiger charge is -2.33. The minimum atomic E-state index is -0.762. The molecule has 1 aromatic carbocycles. The van der Waals surface area contributed by atoms with Gasteiger partial charge in [-0.25, -0.2) is 4.39 Å². The standard InChI is InChI=1S/C18H22FN3O3/c1-11(20)22-8-6-12(7-9-22)14-3-2-13(10-15(14)19)25-16-4-5-17(23)21-18(16)24/h2-3,10,12,16H,1,4-9,20H2,(H,21,23,24). The second kappa shape index (κ2) is 7.13. The number of hydrogen-bond acceptors (Lipinski definition) is 5. The molecule has 1 unspecified atom stereocenters. The van der Waals surface area contributed by atoms with Crippen molar-refractivity contribution >= 4 is 11.8 Å². The van der Waals surface area contributed by atoms with Crippen LogP contribution in [0.4, 0.5) is 4.39 Å². The van der Waals surface area contributed by atoms with Crippen molar-refractivity contribution < 1.29 is 18.7 Å². The Bertz CT molecular complexity index is 699. The van der Waals surface area contributed by atoms with Crippen molar-refractivity contribution in [3.05, 3.63) is 42.0 Å². The van der Waals surface area contributed by atoms with Crippen LogP contribution in [0.2, 0.25) is 0 Å². The lowest BCUT2D eigenvalue weighted by Crippen LogP contribution is -2.46. The number of carbonyl (C=O) groups is 2. The molecular weight excluding hydrogens is 325 g/mol. The summed E-state index contributed by atoms with van der Waals surface area (Å²) in [7, 11) is 0. The van der Waals surface area contributed by atoms with Crippen LogP contribution in [-0.4, -0.2) is 35.9 Å². The summed E-state index contributed by atoms with van der Waals surface area (Å²) in [5.41, 5.74) is 6.35. The summed E-state index contributed by atoms with van der Waals surface area (Å²) in [6, 6.07) is 4.71. The van der Waals surface area contributed by atoms with Gasteiger partial charge in [0.25, 0.3) is 5.91 Å². The Labute approximate surface area is 145 Å². The maximum Gasteiger partial charge on any atom is 0.267 e. The molecule has 2 heterocycles. The first-order valence-electron chi connectivity index (χ1n) is 8.43. The van der Waals surface area contributed by atoms with Gasteiger partial charge in [0.1, 0.15) is 11.6 Å². The molecule has 1 atom stereocenters. The van der Waals surface area contributed by atoms with E-state index in [2.05, 4.69) is 11.9 Å². The number of likely N-dealkylation sites (tertiary alicyclic amines) is 1. The molecule has 2 saturated heterocycles. The van der Waals surface area contributed by atoms with E-state index in [1.165, 1.54) is 6.07 Å². The Morgan fingerprint density at radius 3 is 2.60 bits per heavy atom. The van der Waals surface area contributed by atoms with Crippen molar-refractivity contribution in [3.8, 4) is 5.75 Å². The Morgan fingerprint density at radius 1 is 1.28 bits per heavy atom. The molecule has 0 aliphatic carbocycles. The number of nitrogens with one attached hydrogen (secondary N) is 1. The van der Waals surface area contributed by atoms with Gasteiger partial charge in [-0.15, -0.1) is 0 Å². The number of ether oxygens (including phenoxy) is 1. The molecule has 2 aliphatic heterocycles. The molecule has 7 heteroatoms. The van der Waals surface area contributed by atoms with Gasteiger partial charge in [0.2, 0.25) is 5.91 Å². The van der Waals surface area contributed by atoms with Crippen molar-refractivity contribution in [1.82, 2.24) is 10.2 Å². The zero-order chi connectivity index (χ0) is 18.0. The molecule has 2 aliphatic rings. The van der Waals surface area contributed by atoms with Gasteiger partial charge in [-0.05, 0) is 30.4 Å². The zero-order valence-corrected chi connectivity index (χ0v) is 14.0. The number of piperidine rings is 2. The first-order chi connectivity index (χ1) is 11.9. The number of halogens is 1. The van der Waals surface area contributed by atoms with Crippen LogP contribution in [0, 0.1) is 5.82 Å². The normalized spacial score (nSPS) is 21.8. The molecular formula is C18H22FN3O3. The fourth-order valence-corrected chi connectivity index (χ4v) is 3.34. The molecule has 2 fully saturated rings. The van der Waals surface area contributed by atoms with Crippen LogP contribution in [0.3, 0.4) is 0 Å². The quantitative estimate of drug-likeness (QED) is 0.809. The SMILES string of the molecule is C=C(N)N1CCC(c2ccc(OC3CCC(=O)NC3=O)cc2F)CC1. The van der Waals surface area contributed by atoms with Gasteiger partial charge in [-0.1, -0.05) is 12.6 Å². The maximum atomic E-state index is 14.5. The molecule has 3 rings (SSSR count). The van der Waals surface area contributed by atoms with E-state index in [1.54, 1.807) is 12.1 Å². The van der Waals surface area contributed by atoms with Crippen LogP contribution >= 0.6 is 0 Å². The number of nitrogens with zero attached hydrogens (tertiary/aromatic N) is 1. The van der Waals surface area contributed by atoms with Crippen molar-refractivity contribution in [1.29, 1.82) is 0 Å². The predicted octanol–water partition coefficient (Wildman–Crippen LogP) is 1.62. The van der Waals surface area contributed by atoms with Crippen LogP contribution in [0.15, 0.2) is 30.6 Å². The van der Waals surface area contributed by atoms with Gasteiger partial charge in [-0.2, -0.15) is 0 Å². The smallest absolute Gasteiger partial charge is 0.267 e. The van der Waals surface area contributed by atoms with E-state index in [0.717, 1.165) is 25.9 Å². The maximum absolute atomic E-state index is 14.5. The van der Waals surface area contributed by atoms with Gasteiger partial charge < -0.3 is 15.4 Å². The van der Waals surface area contributed by atoms with Crippen molar-refractivity contribution in [3.63, 3.8) is 0 Å². The van der Waals surface area contributed by atoms with Gasteiger partial charge in [0, 0.05) is 32.0 Å². The lowest BCUT2D eigenvalue weighted by molar-refractivity contribution is -0.138. The number of carbonyl (C=O) groups excluding carboxylic acids is 2. The third kappa shape index (κ3) is 3.92. The second-order valence-electron chi connectivity index (χ2n) is 6.49. The number of nitrogens with two attached hydrogens (primary N) is 1. The lowest BCUT2D eigenvalue weighted by atomic mass is 9.89. The molecule has 134 valence electrons. The van der Waals surface area contributed by atoms with E-state index in [-0.39, 0.29) is 24.1 Å². The molecule has 0 spiro atoms. The highest BCUT2D eigenvalue weighted by Gasteiger charge is 2.29. The molecule has 0 saturated carbocycles. The minimum absolute atomic E-state index is 0.125. The number of benzene rings is 1. The van der Waals surface area contributed by atoms with E-state index in [9.17, 15) is 14.0 Å². The number of hydrogen-bond donors (Lipinski definition) is 2. The van der Waals surface area contributed by atoms with Crippen LogP contribution in [0.25, 0.3) is 0 Å². The van der Waals surface area contributed by atoms with Crippen LogP contribution in [-0.2, 0) is 9.59 Å². The van der Waals surface area contributed by atoms with E-state index in [4.69, 9.17) is 10.5 Å². The van der Waals surface area contributed by atoms with Crippen molar-refractivity contribution in [2.24, 2.45) is 5.73 Å². The average molecular weight is 347 g/mol. The van der Waals surface area contributed by atoms with Crippen LogP contribution in [0.1, 0.15) is 37.2 Å². The summed E-state index contributed by atoms with van der Waals surface area (Å²) in [5, 5.41) is 2.22. The van der Waals surface area contributed by atoms with Gasteiger partial charge in [0.15, 0.2) is 6.10 Å². The number of imide groups is 1. The first-order valence-corrected chi connectivity index (χ1v) is 8.43.